The van der Waals surface area contributed by atoms with Gasteiger partial charge in [0.2, 0.25) is 5.91 Å². The number of amides is 1. The van der Waals surface area contributed by atoms with Crippen LogP contribution in [0.2, 0.25) is 0 Å². The molecule has 0 saturated carbocycles. The van der Waals surface area contributed by atoms with Crippen molar-refractivity contribution in [3.63, 3.8) is 0 Å². The molecule has 1 unspecified atom stereocenters. The maximum Gasteiger partial charge on any atom is 0.239 e. The normalized spacial score (nSPS) is 22.4. The Labute approximate surface area is 86.9 Å². The number of carbonyl (C=O) groups excluding carboxylic acids is 1. The summed E-state index contributed by atoms with van der Waals surface area (Å²) in [5.74, 6) is 1.02. The fourth-order valence-corrected chi connectivity index (χ4v) is 1.80. The molecule has 1 aliphatic rings. The van der Waals surface area contributed by atoms with Crippen LogP contribution < -0.4 is 5.32 Å². The van der Waals surface area contributed by atoms with Crippen molar-refractivity contribution in [2.75, 3.05) is 20.1 Å². The highest BCUT2D eigenvalue weighted by molar-refractivity contribution is 5.83. The maximum absolute atomic E-state index is 11.5. The summed E-state index contributed by atoms with van der Waals surface area (Å²) in [6, 6.07) is 0.0900. The Morgan fingerprint density at radius 1 is 1.57 bits per heavy atom. The van der Waals surface area contributed by atoms with E-state index in [0.29, 0.717) is 0 Å². The van der Waals surface area contributed by atoms with Gasteiger partial charge in [0, 0.05) is 13.6 Å². The lowest BCUT2D eigenvalue weighted by Crippen LogP contribution is -2.37. The number of hydrogen-bond acceptors (Lipinski definition) is 2. The van der Waals surface area contributed by atoms with Crippen LogP contribution in [0.4, 0.5) is 0 Å². The third kappa shape index (κ3) is 3.29. The predicted molar refractivity (Wildman–Crippen MR) is 58.1 cm³/mol. The first-order valence-corrected chi connectivity index (χ1v) is 5.59. The highest BCUT2D eigenvalue weighted by Crippen LogP contribution is 2.09. The standard InChI is InChI=1S/C11H22N2O/c1-9(2)5-4-7-12-10-6-8-13(3)11(10)14/h9-10,12H,4-8H2,1-3H3. The minimum atomic E-state index is 0.0900. The van der Waals surface area contributed by atoms with Gasteiger partial charge in [0.1, 0.15) is 0 Å². The van der Waals surface area contributed by atoms with Crippen LogP contribution in [0, 0.1) is 5.92 Å². The maximum atomic E-state index is 11.5. The minimum absolute atomic E-state index is 0.0900. The van der Waals surface area contributed by atoms with Gasteiger partial charge >= 0.3 is 0 Å². The van der Waals surface area contributed by atoms with Crippen molar-refractivity contribution in [1.82, 2.24) is 10.2 Å². The van der Waals surface area contributed by atoms with Crippen LogP contribution in [0.25, 0.3) is 0 Å². The highest BCUT2D eigenvalue weighted by atomic mass is 16.2. The quantitative estimate of drug-likeness (QED) is 0.674. The molecule has 0 aromatic heterocycles. The molecular formula is C11H22N2O. The summed E-state index contributed by atoms with van der Waals surface area (Å²) in [5, 5.41) is 3.33. The molecular weight excluding hydrogens is 176 g/mol. The van der Waals surface area contributed by atoms with Gasteiger partial charge in [-0.3, -0.25) is 4.79 Å². The van der Waals surface area contributed by atoms with E-state index < -0.39 is 0 Å². The first kappa shape index (κ1) is 11.5. The molecule has 14 heavy (non-hydrogen) atoms. The molecule has 3 heteroatoms. The van der Waals surface area contributed by atoms with Crippen LogP contribution in [0.3, 0.4) is 0 Å². The van der Waals surface area contributed by atoms with Crippen molar-refractivity contribution < 1.29 is 4.79 Å². The third-order valence-corrected chi connectivity index (χ3v) is 2.78. The van der Waals surface area contributed by atoms with Crippen LogP contribution >= 0.6 is 0 Å². The van der Waals surface area contributed by atoms with Crippen LogP contribution in [-0.4, -0.2) is 37.0 Å². The molecule has 82 valence electrons. The van der Waals surface area contributed by atoms with Crippen molar-refractivity contribution in [3.8, 4) is 0 Å². The van der Waals surface area contributed by atoms with Crippen molar-refractivity contribution in [3.05, 3.63) is 0 Å². The van der Waals surface area contributed by atoms with Crippen molar-refractivity contribution in [1.29, 1.82) is 0 Å². The number of hydrogen-bond donors (Lipinski definition) is 1. The van der Waals surface area contributed by atoms with Crippen LogP contribution in [0.5, 0.6) is 0 Å². The molecule has 1 fully saturated rings. The van der Waals surface area contributed by atoms with Gasteiger partial charge in [-0.25, -0.2) is 0 Å². The molecule has 3 nitrogen and oxygen atoms in total. The smallest absolute Gasteiger partial charge is 0.239 e. The lowest BCUT2D eigenvalue weighted by atomic mass is 10.1. The lowest BCUT2D eigenvalue weighted by Gasteiger charge is -2.12. The van der Waals surface area contributed by atoms with E-state index >= 15 is 0 Å². The summed E-state index contributed by atoms with van der Waals surface area (Å²) in [5.41, 5.74) is 0. The Morgan fingerprint density at radius 3 is 2.79 bits per heavy atom. The number of carbonyl (C=O) groups is 1. The summed E-state index contributed by atoms with van der Waals surface area (Å²) in [6.07, 6.45) is 3.38. The van der Waals surface area contributed by atoms with E-state index in [1.165, 1.54) is 12.8 Å². The minimum Gasteiger partial charge on any atom is -0.344 e. The fraction of sp³-hybridized carbons (Fsp3) is 0.909. The molecule has 0 aromatic carbocycles. The van der Waals surface area contributed by atoms with E-state index in [9.17, 15) is 4.79 Å². The molecule has 1 saturated heterocycles. The van der Waals surface area contributed by atoms with E-state index in [-0.39, 0.29) is 11.9 Å². The van der Waals surface area contributed by atoms with Crippen LogP contribution in [0.15, 0.2) is 0 Å². The van der Waals surface area contributed by atoms with Gasteiger partial charge in [-0.1, -0.05) is 13.8 Å². The largest absolute Gasteiger partial charge is 0.344 e. The van der Waals surface area contributed by atoms with Gasteiger partial charge in [-0.2, -0.15) is 0 Å². The Hall–Kier alpha value is -0.570. The topological polar surface area (TPSA) is 32.3 Å². The Bertz CT molecular complexity index is 192. The number of nitrogens with zero attached hydrogens (tertiary/aromatic N) is 1. The average molecular weight is 198 g/mol. The molecule has 1 N–H and O–H groups in total. The van der Waals surface area contributed by atoms with Crippen LogP contribution in [-0.2, 0) is 4.79 Å². The molecule has 0 aliphatic carbocycles. The number of nitrogens with one attached hydrogen (secondary N) is 1. The molecule has 1 heterocycles. The third-order valence-electron chi connectivity index (χ3n) is 2.78. The zero-order chi connectivity index (χ0) is 10.6. The monoisotopic (exact) mass is 198 g/mol. The molecule has 0 aromatic rings. The first-order chi connectivity index (χ1) is 6.61. The second kappa shape index (κ2) is 5.35. The SMILES string of the molecule is CC(C)CCCNC1CCN(C)C1=O. The van der Waals surface area contributed by atoms with E-state index in [1.807, 2.05) is 7.05 Å². The molecule has 1 rings (SSSR count). The fourth-order valence-electron chi connectivity index (χ4n) is 1.80. The van der Waals surface area contributed by atoms with Crippen molar-refractivity contribution in [2.24, 2.45) is 5.92 Å². The summed E-state index contributed by atoms with van der Waals surface area (Å²) < 4.78 is 0. The summed E-state index contributed by atoms with van der Waals surface area (Å²) in [6.45, 7) is 6.34. The molecule has 1 amide bonds. The van der Waals surface area contributed by atoms with E-state index in [0.717, 1.165) is 25.4 Å². The number of likely N-dealkylation sites (tertiary alicyclic amines) is 1. The van der Waals surface area contributed by atoms with E-state index in [4.69, 9.17) is 0 Å². The average Bonchev–Trinajstić information content (AvgIpc) is 2.43. The second-order valence-corrected chi connectivity index (χ2v) is 4.59. The molecule has 1 aliphatic heterocycles. The Morgan fingerprint density at radius 2 is 2.29 bits per heavy atom. The van der Waals surface area contributed by atoms with Crippen molar-refractivity contribution in [2.45, 2.75) is 39.2 Å². The lowest BCUT2D eigenvalue weighted by molar-refractivity contribution is -0.128. The van der Waals surface area contributed by atoms with Gasteiger partial charge in [0.05, 0.1) is 6.04 Å². The van der Waals surface area contributed by atoms with Gasteiger partial charge in [-0.15, -0.1) is 0 Å². The van der Waals surface area contributed by atoms with E-state index in [1.54, 1.807) is 4.90 Å². The second-order valence-electron chi connectivity index (χ2n) is 4.59. The van der Waals surface area contributed by atoms with Gasteiger partial charge in [0.15, 0.2) is 0 Å². The molecule has 1 atom stereocenters. The van der Waals surface area contributed by atoms with Crippen LogP contribution in [0.1, 0.15) is 33.1 Å². The van der Waals surface area contributed by atoms with E-state index in [2.05, 4.69) is 19.2 Å². The predicted octanol–water partition coefficient (Wildman–Crippen LogP) is 1.24. The molecule has 0 spiro atoms. The first-order valence-electron chi connectivity index (χ1n) is 5.59. The summed E-state index contributed by atoms with van der Waals surface area (Å²) in [4.78, 5) is 13.3. The molecule has 0 radical (unpaired) electrons. The number of rotatable bonds is 5. The van der Waals surface area contributed by atoms with Gasteiger partial charge < -0.3 is 10.2 Å². The number of likely N-dealkylation sites (N-methyl/N-ethyl adjacent to an activating group) is 1. The summed E-state index contributed by atoms with van der Waals surface area (Å²) >= 11 is 0. The van der Waals surface area contributed by atoms with Gasteiger partial charge in [0.25, 0.3) is 0 Å². The van der Waals surface area contributed by atoms with Gasteiger partial charge in [-0.05, 0) is 31.7 Å². The Balaban J connectivity index is 2.10. The highest BCUT2D eigenvalue weighted by Gasteiger charge is 2.27. The Kier molecular flexibility index (Phi) is 4.39. The molecule has 0 bridgehead atoms. The zero-order valence-corrected chi connectivity index (χ0v) is 9.55. The summed E-state index contributed by atoms with van der Waals surface area (Å²) in [7, 11) is 1.87. The zero-order valence-electron chi connectivity index (χ0n) is 9.55. The van der Waals surface area contributed by atoms with Crippen molar-refractivity contribution >= 4 is 5.91 Å².